The molecule has 1 atom stereocenters. The minimum Gasteiger partial charge on any atom is -0.465 e. The molecule has 1 aliphatic heterocycles. The van der Waals surface area contributed by atoms with Crippen molar-refractivity contribution in [1.29, 1.82) is 0 Å². The molecule has 0 saturated carbocycles. The van der Waals surface area contributed by atoms with E-state index >= 15 is 0 Å². The van der Waals surface area contributed by atoms with Gasteiger partial charge in [0, 0.05) is 11.4 Å². The summed E-state index contributed by atoms with van der Waals surface area (Å²) in [5.74, 6) is 1.34. The Labute approximate surface area is 187 Å². The summed E-state index contributed by atoms with van der Waals surface area (Å²) >= 11 is 1.63. The molecule has 1 aromatic heterocycles. The van der Waals surface area contributed by atoms with Crippen LogP contribution in [0, 0.1) is 0 Å². The van der Waals surface area contributed by atoms with Crippen LogP contribution in [0.4, 0.5) is 0 Å². The van der Waals surface area contributed by atoms with E-state index in [-0.39, 0.29) is 12.0 Å². The molecule has 0 bridgehead atoms. The molecule has 0 aliphatic carbocycles. The largest absolute Gasteiger partial charge is 0.465 e. The van der Waals surface area contributed by atoms with Crippen LogP contribution < -0.4 is 0 Å². The van der Waals surface area contributed by atoms with E-state index < -0.39 is 0 Å². The van der Waals surface area contributed by atoms with E-state index in [1.807, 2.05) is 36.4 Å². The normalized spacial score (nSPS) is 15.5. The van der Waals surface area contributed by atoms with E-state index in [1.165, 1.54) is 26.4 Å². The van der Waals surface area contributed by atoms with Gasteiger partial charge in [-0.15, -0.1) is 10.2 Å². The third kappa shape index (κ3) is 4.99. The minimum absolute atomic E-state index is 0.199. The first-order valence-corrected chi connectivity index (χ1v) is 11.7. The summed E-state index contributed by atoms with van der Waals surface area (Å²) in [6.45, 7) is 4.43. The predicted octanol–water partition coefficient (Wildman–Crippen LogP) is 4.89. The molecule has 162 valence electrons. The molecule has 7 heteroatoms. The van der Waals surface area contributed by atoms with Crippen molar-refractivity contribution in [3.63, 3.8) is 0 Å². The molecule has 31 heavy (non-hydrogen) atoms. The second-order valence-electron chi connectivity index (χ2n) is 7.76. The molecule has 0 spiro atoms. The zero-order valence-electron chi connectivity index (χ0n) is 18.0. The van der Waals surface area contributed by atoms with Crippen molar-refractivity contribution in [1.82, 2.24) is 19.7 Å². The van der Waals surface area contributed by atoms with E-state index in [9.17, 15) is 4.79 Å². The van der Waals surface area contributed by atoms with Crippen molar-refractivity contribution in [3.8, 4) is 5.69 Å². The van der Waals surface area contributed by atoms with Gasteiger partial charge in [0.2, 0.25) is 0 Å². The highest BCUT2D eigenvalue weighted by atomic mass is 32.2. The lowest BCUT2D eigenvalue weighted by molar-refractivity contribution is 0.0600. The lowest BCUT2D eigenvalue weighted by Gasteiger charge is -2.31. The maximum Gasteiger partial charge on any atom is 0.337 e. The minimum atomic E-state index is -0.322. The molecule has 4 rings (SSSR count). The number of para-hydroxylation sites is 1. The van der Waals surface area contributed by atoms with Gasteiger partial charge in [-0.2, -0.15) is 0 Å². The number of hydrogen-bond donors (Lipinski definition) is 0. The second kappa shape index (κ2) is 10.1. The predicted molar refractivity (Wildman–Crippen MR) is 123 cm³/mol. The maximum atomic E-state index is 11.8. The van der Waals surface area contributed by atoms with Crippen LogP contribution in [-0.4, -0.2) is 45.8 Å². The Kier molecular flexibility index (Phi) is 7.04. The molecule has 6 nitrogen and oxygen atoms in total. The third-order valence-corrected chi connectivity index (χ3v) is 6.70. The number of carbonyl (C=O) groups is 1. The summed E-state index contributed by atoms with van der Waals surface area (Å²) in [7, 11) is 1.40. The van der Waals surface area contributed by atoms with Gasteiger partial charge >= 0.3 is 5.97 Å². The van der Waals surface area contributed by atoms with Crippen molar-refractivity contribution in [2.24, 2.45) is 0 Å². The van der Waals surface area contributed by atoms with Crippen LogP contribution in [-0.2, 0) is 10.5 Å². The zero-order chi connectivity index (χ0) is 21.6. The van der Waals surface area contributed by atoms with E-state index in [1.54, 1.807) is 17.8 Å². The average molecular weight is 437 g/mol. The van der Waals surface area contributed by atoms with Gasteiger partial charge in [-0.05, 0) is 62.7 Å². The monoisotopic (exact) mass is 436 g/mol. The Hall–Kier alpha value is -2.64. The summed E-state index contributed by atoms with van der Waals surface area (Å²) < 4.78 is 7.02. The molecule has 3 aromatic rings. The Morgan fingerprint density at radius 3 is 2.58 bits per heavy atom. The molecule has 0 radical (unpaired) electrons. The molecule has 0 N–H and O–H groups in total. The van der Waals surface area contributed by atoms with Crippen LogP contribution in [0.15, 0.2) is 59.8 Å². The Morgan fingerprint density at radius 2 is 1.84 bits per heavy atom. The van der Waals surface area contributed by atoms with Crippen molar-refractivity contribution in [3.05, 3.63) is 71.5 Å². The number of piperidine rings is 1. The van der Waals surface area contributed by atoms with E-state index in [4.69, 9.17) is 4.74 Å². The quantitative estimate of drug-likeness (QED) is 0.388. The molecular weight excluding hydrogens is 408 g/mol. The fraction of sp³-hybridized carbons (Fsp3) is 0.375. The number of likely N-dealkylation sites (tertiary alicyclic amines) is 1. The molecule has 1 fully saturated rings. The summed E-state index contributed by atoms with van der Waals surface area (Å²) in [5.41, 5.74) is 2.67. The highest BCUT2D eigenvalue weighted by Gasteiger charge is 2.25. The molecule has 2 heterocycles. The fourth-order valence-corrected chi connectivity index (χ4v) is 4.89. The number of benzene rings is 2. The zero-order valence-corrected chi connectivity index (χ0v) is 18.8. The summed E-state index contributed by atoms with van der Waals surface area (Å²) in [6.07, 6.45) is 3.78. The van der Waals surface area contributed by atoms with Gasteiger partial charge in [-0.25, -0.2) is 4.79 Å². The van der Waals surface area contributed by atoms with Crippen LogP contribution in [0.2, 0.25) is 0 Å². The molecule has 0 unspecified atom stereocenters. The standard InChI is InChI=1S/C24H28N4O2S/c1-18(27-14-7-4-8-15-27)22-25-26-24(28(22)21-12-5-3-6-13-21)31-17-19-10-9-11-20(16-19)23(29)30-2/h3,5-6,9-13,16,18H,4,7-8,14-15,17H2,1-2H3/t18-/m1/s1. The summed E-state index contributed by atoms with van der Waals surface area (Å²) in [6, 6.07) is 18.0. The Bertz CT molecular complexity index is 1020. The van der Waals surface area contributed by atoms with Gasteiger partial charge < -0.3 is 4.74 Å². The van der Waals surface area contributed by atoms with Gasteiger partial charge in [0.25, 0.3) is 0 Å². The van der Waals surface area contributed by atoms with E-state index in [2.05, 4.69) is 38.7 Å². The van der Waals surface area contributed by atoms with Crippen molar-refractivity contribution < 1.29 is 9.53 Å². The van der Waals surface area contributed by atoms with Gasteiger partial charge in [-0.3, -0.25) is 9.47 Å². The number of nitrogens with zero attached hydrogens (tertiary/aromatic N) is 4. The molecular formula is C24H28N4O2S. The molecule has 1 aliphatic rings. The highest BCUT2D eigenvalue weighted by molar-refractivity contribution is 7.98. The van der Waals surface area contributed by atoms with E-state index in [0.29, 0.717) is 11.3 Å². The van der Waals surface area contributed by atoms with Crippen molar-refractivity contribution >= 4 is 17.7 Å². The SMILES string of the molecule is COC(=O)c1cccc(CSc2nnc([C@@H](C)N3CCCCC3)n2-c2ccccc2)c1. The highest BCUT2D eigenvalue weighted by Crippen LogP contribution is 2.30. The van der Waals surface area contributed by atoms with Crippen LogP contribution in [0.1, 0.15) is 54.0 Å². The Morgan fingerprint density at radius 1 is 1.06 bits per heavy atom. The third-order valence-electron chi connectivity index (χ3n) is 5.70. The first-order valence-electron chi connectivity index (χ1n) is 10.7. The topological polar surface area (TPSA) is 60.2 Å². The van der Waals surface area contributed by atoms with Crippen molar-refractivity contribution in [2.45, 2.75) is 43.1 Å². The van der Waals surface area contributed by atoms with Gasteiger partial charge in [-0.1, -0.05) is 48.5 Å². The van der Waals surface area contributed by atoms with Crippen LogP contribution in [0.5, 0.6) is 0 Å². The molecule has 0 amide bonds. The number of aromatic nitrogens is 3. The number of methoxy groups -OCH3 is 1. The fourth-order valence-electron chi connectivity index (χ4n) is 3.99. The van der Waals surface area contributed by atoms with Gasteiger partial charge in [0.15, 0.2) is 11.0 Å². The molecule has 1 saturated heterocycles. The van der Waals surface area contributed by atoms with Gasteiger partial charge in [0.1, 0.15) is 0 Å². The number of thioether (sulfide) groups is 1. The number of esters is 1. The first kappa shape index (κ1) is 21.6. The van der Waals surface area contributed by atoms with Gasteiger partial charge in [0.05, 0.1) is 18.7 Å². The van der Waals surface area contributed by atoms with Crippen LogP contribution in [0.25, 0.3) is 5.69 Å². The number of hydrogen-bond acceptors (Lipinski definition) is 6. The number of carbonyl (C=O) groups excluding carboxylic acids is 1. The summed E-state index contributed by atoms with van der Waals surface area (Å²) in [5, 5.41) is 10.0. The molecule has 2 aromatic carbocycles. The average Bonchev–Trinajstić information content (AvgIpc) is 3.27. The number of ether oxygens (including phenoxy) is 1. The second-order valence-corrected chi connectivity index (χ2v) is 8.71. The smallest absolute Gasteiger partial charge is 0.337 e. The van der Waals surface area contributed by atoms with Crippen LogP contribution >= 0.6 is 11.8 Å². The summed E-state index contributed by atoms with van der Waals surface area (Å²) in [4.78, 5) is 14.3. The number of rotatable bonds is 7. The van der Waals surface area contributed by atoms with E-state index in [0.717, 1.165) is 35.3 Å². The lowest BCUT2D eigenvalue weighted by atomic mass is 10.1. The van der Waals surface area contributed by atoms with Crippen molar-refractivity contribution in [2.75, 3.05) is 20.2 Å². The Balaban J connectivity index is 1.60. The first-order chi connectivity index (χ1) is 15.2. The maximum absolute atomic E-state index is 11.8. The van der Waals surface area contributed by atoms with Crippen LogP contribution in [0.3, 0.4) is 0 Å². The lowest BCUT2D eigenvalue weighted by Crippen LogP contribution is -2.33.